The Morgan fingerprint density at radius 1 is 1.11 bits per heavy atom. The molecule has 0 amide bonds. The number of aromatic nitrogens is 2. The van der Waals surface area contributed by atoms with E-state index >= 15 is 0 Å². The fourth-order valence-corrected chi connectivity index (χ4v) is 2.05. The number of nitrogens with zero attached hydrogens (tertiary/aromatic N) is 1. The van der Waals surface area contributed by atoms with Crippen molar-refractivity contribution in [1.82, 2.24) is 9.97 Å². The number of hydrogen-bond acceptors (Lipinski definition) is 6. The molecule has 0 unspecified atom stereocenters. The smallest absolute Gasteiger partial charge is 0.351 e. The van der Waals surface area contributed by atoms with Crippen molar-refractivity contribution in [1.29, 1.82) is 0 Å². The van der Waals surface area contributed by atoms with Crippen LogP contribution in [0.15, 0.2) is 32.2 Å². The van der Waals surface area contributed by atoms with E-state index < -0.39 is 11.2 Å². The summed E-state index contributed by atoms with van der Waals surface area (Å²) in [6, 6.07) is 4.96. The van der Waals surface area contributed by atoms with Crippen molar-refractivity contribution in [2.75, 3.05) is 6.79 Å². The van der Waals surface area contributed by atoms with E-state index in [9.17, 15) is 9.59 Å². The summed E-state index contributed by atoms with van der Waals surface area (Å²) in [7, 11) is 0. The molecule has 0 atom stereocenters. The summed E-state index contributed by atoms with van der Waals surface area (Å²) in [6.45, 7) is 0.148. The van der Waals surface area contributed by atoms with Gasteiger partial charge in [-0.3, -0.25) is 9.78 Å². The molecule has 1 aromatic carbocycles. The molecule has 7 heteroatoms. The predicted molar refractivity (Wildman–Crippen MR) is 63.6 cm³/mol. The predicted octanol–water partition coefficient (Wildman–Crippen LogP) is 0.710. The molecule has 3 aliphatic rings. The van der Waals surface area contributed by atoms with Crippen LogP contribution in [0.2, 0.25) is 0 Å². The molecule has 0 radical (unpaired) electrons. The molecule has 94 valence electrons. The van der Waals surface area contributed by atoms with E-state index in [1.54, 1.807) is 18.2 Å². The third kappa shape index (κ3) is 1.41. The van der Waals surface area contributed by atoms with Crippen LogP contribution in [0.25, 0.3) is 22.4 Å². The maximum absolute atomic E-state index is 11.7. The zero-order chi connectivity index (χ0) is 13.0. The molecule has 0 spiro atoms. The second-order valence-corrected chi connectivity index (χ2v) is 4.08. The van der Waals surface area contributed by atoms with Crippen LogP contribution in [-0.2, 0) is 0 Å². The summed E-state index contributed by atoms with van der Waals surface area (Å²) in [4.78, 5) is 28.5. The summed E-state index contributed by atoms with van der Waals surface area (Å²) < 4.78 is 16.0. The molecule has 4 rings (SSSR count). The van der Waals surface area contributed by atoms with Gasteiger partial charge in [-0.15, -0.1) is 0 Å². The number of benzene rings is 1. The maximum Gasteiger partial charge on any atom is 0.351 e. The van der Waals surface area contributed by atoms with E-state index in [1.807, 2.05) is 0 Å². The molecule has 0 bridgehead atoms. The average Bonchev–Trinajstić information content (AvgIpc) is 2.81. The van der Waals surface area contributed by atoms with Gasteiger partial charge in [-0.2, -0.15) is 4.98 Å². The van der Waals surface area contributed by atoms with Gasteiger partial charge < -0.3 is 13.9 Å². The standard InChI is InChI=1S/C12H6N2O5/c15-10-6-1-5-2-8-9(18-4-17-8)3-7(5)19-11(6)14-12(16)13-10/h1-3H,4H2,(H,13,15,16). The van der Waals surface area contributed by atoms with Gasteiger partial charge in [0.2, 0.25) is 12.7 Å². The molecule has 0 saturated carbocycles. The van der Waals surface area contributed by atoms with Crippen molar-refractivity contribution in [3.8, 4) is 23.0 Å². The number of aromatic amines is 1. The van der Waals surface area contributed by atoms with E-state index in [-0.39, 0.29) is 18.2 Å². The van der Waals surface area contributed by atoms with Gasteiger partial charge in [0.1, 0.15) is 11.1 Å². The van der Waals surface area contributed by atoms with Crippen LogP contribution < -0.4 is 20.7 Å². The molecule has 3 aliphatic heterocycles. The lowest BCUT2D eigenvalue weighted by Gasteiger charge is -2.05. The summed E-state index contributed by atoms with van der Waals surface area (Å²) in [5, 5.41) is 0.669. The fourth-order valence-electron chi connectivity index (χ4n) is 2.05. The minimum atomic E-state index is -0.735. The highest BCUT2D eigenvalue weighted by atomic mass is 16.7. The van der Waals surface area contributed by atoms with E-state index in [0.717, 1.165) is 0 Å². The number of H-pyrrole nitrogens is 1. The Morgan fingerprint density at radius 3 is 2.74 bits per heavy atom. The first-order valence-corrected chi connectivity index (χ1v) is 5.48. The first-order valence-electron chi connectivity index (χ1n) is 5.48. The summed E-state index contributed by atoms with van der Waals surface area (Å²) in [5.74, 6) is 1.15. The topological polar surface area (TPSA) is 94.4 Å². The Hall–Kier alpha value is -2.83. The molecular weight excluding hydrogens is 252 g/mol. The molecule has 19 heavy (non-hydrogen) atoms. The SMILES string of the molecule is O=c1nc2oc3cc4c(cc3cc-2c(=O)[nH]1)OCO4. The van der Waals surface area contributed by atoms with Crippen molar-refractivity contribution >= 4 is 11.0 Å². The molecule has 0 saturated heterocycles. The van der Waals surface area contributed by atoms with Gasteiger partial charge in [0.15, 0.2) is 11.5 Å². The minimum absolute atomic E-state index is 0.000107. The van der Waals surface area contributed by atoms with Gasteiger partial charge >= 0.3 is 5.69 Å². The molecule has 1 aromatic rings. The number of rotatable bonds is 0. The minimum Gasteiger partial charge on any atom is -0.454 e. The van der Waals surface area contributed by atoms with Gasteiger partial charge in [-0.25, -0.2) is 4.79 Å². The Morgan fingerprint density at radius 2 is 1.89 bits per heavy atom. The molecular formula is C12H6N2O5. The maximum atomic E-state index is 11.7. The van der Waals surface area contributed by atoms with Gasteiger partial charge in [0.05, 0.1) is 0 Å². The van der Waals surface area contributed by atoms with Crippen LogP contribution in [-0.4, -0.2) is 16.8 Å². The van der Waals surface area contributed by atoms with Crippen LogP contribution in [0.4, 0.5) is 0 Å². The third-order valence-electron chi connectivity index (χ3n) is 2.91. The average molecular weight is 258 g/mol. The highest BCUT2D eigenvalue weighted by molar-refractivity contribution is 5.85. The molecule has 3 heterocycles. The van der Waals surface area contributed by atoms with Crippen molar-refractivity contribution in [2.24, 2.45) is 0 Å². The highest BCUT2D eigenvalue weighted by Crippen LogP contribution is 2.37. The zero-order valence-electron chi connectivity index (χ0n) is 9.43. The number of ether oxygens (including phenoxy) is 2. The Labute approximate surface area is 104 Å². The summed E-state index contributed by atoms with van der Waals surface area (Å²) in [5.41, 5.74) is -0.583. The van der Waals surface area contributed by atoms with E-state index in [4.69, 9.17) is 13.9 Å². The van der Waals surface area contributed by atoms with Crippen molar-refractivity contribution in [3.63, 3.8) is 0 Å². The number of hydrogen-bond donors (Lipinski definition) is 1. The normalized spacial score (nSPS) is 13.3. The molecule has 0 aliphatic carbocycles. The second-order valence-electron chi connectivity index (χ2n) is 4.08. The van der Waals surface area contributed by atoms with Crippen LogP contribution in [0, 0.1) is 0 Å². The number of nitrogens with one attached hydrogen (secondary N) is 1. The Balaban J connectivity index is 2.15. The lowest BCUT2D eigenvalue weighted by molar-refractivity contribution is 0.174. The van der Waals surface area contributed by atoms with Gasteiger partial charge in [0, 0.05) is 11.5 Å². The first kappa shape index (κ1) is 10.1. The quantitative estimate of drug-likeness (QED) is 0.597. The van der Waals surface area contributed by atoms with E-state index in [1.165, 1.54) is 0 Å². The van der Waals surface area contributed by atoms with Crippen LogP contribution in [0.3, 0.4) is 0 Å². The third-order valence-corrected chi connectivity index (χ3v) is 2.91. The highest BCUT2D eigenvalue weighted by Gasteiger charge is 2.19. The molecule has 0 fully saturated rings. The second kappa shape index (κ2) is 3.35. The molecule has 7 nitrogen and oxygen atoms in total. The zero-order valence-corrected chi connectivity index (χ0v) is 9.43. The molecule has 1 N–H and O–H groups in total. The number of fused-ring (bicyclic) bond motifs is 3. The molecule has 0 aromatic heterocycles. The van der Waals surface area contributed by atoms with Gasteiger partial charge in [0.25, 0.3) is 5.56 Å². The summed E-state index contributed by atoms with van der Waals surface area (Å²) in [6.07, 6.45) is 0. The Kier molecular flexibility index (Phi) is 1.78. The largest absolute Gasteiger partial charge is 0.454 e. The van der Waals surface area contributed by atoms with Crippen molar-refractivity contribution in [2.45, 2.75) is 0 Å². The Bertz CT molecular complexity index is 895. The van der Waals surface area contributed by atoms with Crippen molar-refractivity contribution in [3.05, 3.63) is 39.0 Å². The van der Waals surface area contributed by atoms with Gasteiger partial charge in [-0.1, -0.05) is 0 Å². The van der Waals surface area contributed by atoms with Crippen molar-refractivity contribution < 1.29 is 13.9 Å². The lowest BCUT2D eigenvalue weighted by Crippen LogP contribution is -2.24. The van der Waals surface area contributed by atoms with Crippen LogP contribution in [0.1, 0.15) is 0 Å². The van der Waals surface area contributed by atoms with E-state index in [0.29, 0.717) is 22.5 Å². The van der Waals surface area contributed by atoms with E-state index in [2.05, 4.69) is 9.97 Å². The van der Waals surface area contributed by atoms with Crippen LogP contribution in [0.5, 0.6) is 11.5 Å². The fraction of sp³-hybridized carbons (Fsp3) is 0.0833. The first-order chi connectivity index (χ1) is 9.20. The monoisotopic (exact) mass is 258 g/mol. The van der Waals surface area contributed by atoms with Gasteiger partial charge in [-0.05, 0) is 12.1 Å². The van der Waals surface area contributed by atoms with Crippen LogP contribution >= 0.6 is 0 Å². The summed E-state index contributed by atoms with van der Waals surface area (Å²) >= 11 is 0. The lowest BCUT2D eigenvalue weighted by atomic mass is 10.1.